The first-order chi connectivity index (χ1) is 20.7. The zero-order valence-electron chi connectivity index (χ0n) is 24.7. The molecule has 0 spiro atoms. The van der Waals surface area contributed by atoms with E-state index in [2.05, 4.69) is 32.8 Å². The number of fused-ring (bicyclic) bond motifs is 1. The molecule has 5 rings (SSSR count). The van der Waals surface area contributed by atoms with Gasteiger partial charge in [-0.25, -0.2) is 4.39 Å². The van der Waals surface area contributed by atoms with Crippen molar-refractivity contribution in [2.45, 2.75) is 19.9 Å². The van der Waals surface area contributed by atoms with Gasteiger partial charge in [-0.15, -0.1) is 0 Å². The monoisotopic (exact) mass is 584 g/mol. The molecule has 0 atom stereocenters. The second-order valence-corrected chi connectivity index (χ2v) is 10.9. The number of likely N-dealkylation sites (N-methyl/N-ethyl adjacent to an activating group) is 2. The van der Waals surface area contributed by atoms with Crippen molar-refractivity contribution >= 4 is 46.1 Å². The standard InChI is InChI=1S/C33H37FN6O3/c1-4-29(41)35-20-22-5-7-23(8-6-22)32(31-27-14-9-24(34)19-28(27)37-33(31)43)36-25-10-12-26(13-11-25)39(3)30(42)21-40-17-15-38(2)16-18-40/h5-14,19,36H,4,15-18,20-21H2,1-3H3,(H,35,41)(H,37,43)/b32-31-. The lowest BCUT2D eigenvalue weighted by molar-refractivity contribution is -0.121. The van der Waals surface area contributed by atoms with Crippen LogP contribution in [0.15, 0.2) is 66.7 Å². The van der Waals surface area contributed by atoms with Gasteiger partial charge in [0, 0.05) is 63.1 Å². The Hall–Kier alpha value is -4.54. The Labute approximate surface area is 251 Å². The third-order valence-electron chi connectivity index (χ3n) is 7.88. The van der Waals surface area contributed by atoms with Crippen molar-refractivity contribution in [2.75, 3.05) is 62.4 Å². The zero-order valence-corrected chi connectivity index (χ0v) is 24.7. The van der Waals surface area contributed by atoms with Crippen molar-refractivity contribution in [3.05, 3.63) is 89.2 Å². The molecule has 10 heteroatoms. The summed E-state index contributed by atoms with van der Waals surface area (Å²) in [5.41, 5.74) is 5.10. The van der Waals surface area contributed by atoms with Crippen LogP contribution in [0.2, 0.25) is 0 Å². The van der Waals surface area contributed by atoms with E-state index in [4.69, 9.17) is 0 Å². The van der Waals surface area contributed by atoms with Crippen LogP contribution in [-0.2, 0) is 20.9 Å². The number of anilines is 3. The van der Waals surface area contributed by atoms with Gasteiger partial charge in [-0.2, -0.15) is 0 Å². The van der Waals surface area contributed by atoms with Crippen LogP contribution >= 0.6 is 0 Å². The van der Waals surface area contributed by atoms with Crippen molar-refractivity contribution in [2.24, 2.45) is 0 Å². The maximum Gasteiger partial charge on any atom is 0.258 e. The average Bonchev–Trinajstić information content (AvgIpc) is 3.34. The normalized spacial score (nSPS) is 16.3. The van der Waals surface area contributed by atoms with E-state index >= 15 is 0 Å². The first kappa shape index (κ1) is 29.9. The lowest BCUT2D eigenvalue weighted by Gasteiger charge is -2.32. The number of rotatable bonds is 9. The van der Waals surface area contributed by atoms with Gasteiger partial charge in [-0.3, -0.25) is 19.3 Å². The molecule has 0 unspecified atom stereocenters. The van der Waals surface area contributed by atoms with E-state index < -0.39 is 5.82 Å². The summed E-state index contributed by atoms with van der Waals surface area (Å²) >= 11 is 0. The second-order valence-electron chi connectivity index (χ2n) is 10.9. The molecule has 2 heterocycles. The molecule has 224 valence electrons. The molecular formula is C33H37FN6O3. The molecule has 3 N–H and O–H groups in total. The predicted molar refractivity (Wildman–Crippen MR) is 168 cm³/mol. The maximum atomic E-state index is 13.9. The van der Waals surface area contributed by atoms with Gasteiger partial charge in [-0.05, 0) is 60.6 Å². The highest BCUT2D eigenvalue weighted by Gasteiger charge is 2.29. The molecular weight excluding hydrogens is 547 g/mol. The lowest BCUT2D eigenvalue weighted by Crippen LogP contribution is -2.48. The van der Waals surface area contributed by atoms with Crippen LogP contribution in [0.4, 0.5) is 21.5 Å². The number of amides is 3. The summed E-state index contributed by atoms with van der Waals surface area (Å²) in [6.07, 6.45) is 0.409. The fourth-order valence-electron chi connectivity index (χ4n) is 5.15. The second kappa shape index (κ2) is 13.2. The summed E-state index contributed by atoms with van der Waals surface area (Å²) in [6, 6.07) is 19.3. The summed E-state index contributed by atoms with van der Waals surface area (Å²) < 4.78 is 13.9. The summed E-state index contributed by atoms with van der Waals surface area (Å²) in [5.74, 6) is -0.784. The van der Waals surface area contributed by atoms with Gasteiger partial charge in [0.05, 0.1) is 23.5 Å². The minimum absolute atomic E-state index is 0.0229. The molecule has 0 bridgehead atoms. The van der Waals surface area contributed by atoms with Crippen molar-refractivity contribution in [3.8, 4) is 0 Å². The topological polar surface area (TPSA) is 97.0 Å². The van der Waals surface area contributed by atoms with E-state index in [9.17, 15) is 18.8 Å². The molecule has 9 nitrogen and oxygen atoms in total. The number of piperazine rings is 1. The van der Waals surface area contributed by atoms with Crippen LogP contribution in [0, 0.1) is 5.82 Å². The first-order valence-electron chi connectivity index (χ1n) is 14.5. The number of nitrogens with zero attached hydrogens (tertiary/aromatic N) is 3. The SMILES string of the molecule is CCC(=O)NCc1ccc(/C(Nc2ccc(N(C)C(=O)CN3CCN(C)CC3)cc2)=C2/C(=O)Nc3cc(F)ccc32)cc1. The number of carbonyl (C=O) groups is 3. The lowest BCUT2D eigenvalue weighted by atomic mass is 9.99. The van der Waals surface area contributed by atoms with Crippen LogP contribution in [0.25, 0.3) is 11.3 Å². The predicted octanol–water partition coefficient (Wildman–Crippen LogP) is 3.99. The molecule has 2 aliphatic heterocycles. The Bertz CT molecular complexity index is 1530. The smallest absolute Gasteiger partial charge is 0.258 e. The highest BCUT2D eigenvalue weighted by molar-refractivity contribution is 6.37. The highest BCUT2D eigenvalue weighted by atomic mass is 19.1. The largest absolute Gasteiger partial charge is 0.354 e. The summed E-state index contributed by atoms with van der Waals surface area (Å²) in [7, 11) is 3.86. The number of carbonyl (C=O) groups excluding carboxylic acids is 3. The molecule has 1 fully saturated rings. The van der Waals surface area contributed by atoms with Crippen molar-refractivity contribution in [1.29, 1.82) is 0 Å². The van der Waals surface area contributed by atoms with Crippen molar-refractivity contribution in [3.63, 3.8) is 0 Å². The Kier molecular flexibility index (Phi) is 9.18. The average molecular weight is 585 g/mol. The van der Waals surface area contributed by atoms with Gasteiger partial charge >= 0.3 is 0 Å². The quantitative estimate of drug-likeness (QED) is 0.329. The van der Waals surface area contributed by atoms with Gasteiger partial charge in [0.25, 0.3) is 5.91 Å². The third kappa shape index (κ3) is 7.10. The molecule has 0 saturated carbocycles. The number of hydrogen-bond acceptors (Lipinski definition) is 6. The zero-order chi connectivity index (χ0) is 30.5. The van der Waals surface area contributed by atoms with E-state index in [0.717, 1.165) is 43.0 Å². The van der Waals surface area contributed by atoms with Crippen molar-refractivity contribution < 1.29 is 18.8 Å². The number of nitrogens with one attached hydrogen (secondary N) is 3. The van der Waals surface area contributed by atoms with Gasteiger partial charge in [0.1, 0.15) is 5.82 Å². The van der Waals surface area contributed by atoms with E-state index in [-0.39, 0.29) is 17.7 Å². The molecule has 1 saturated heterocycles. The summed E-state index contributed by atoms with van der Waals surface area (Å²) in [4.78, 5) is 44.0. The molecule has 3 aromatic carbocycles. The summed E-state index contributed by atoms with van der Waals surface area (Å²) in [6.45, 7) is 6.21. The molecule has 2 aliphatic rings. The fraction of sp³-hybridized carbons (Fsp3) is 0.303. The number of halogens is 1. The molecule has 43 heavy (non-hydrogen) atoms. The van der Waals surface area contributed by atoms with E-state index in [0.29, 0.717) is 47.7 Å². The maximum absolute atomic E-state index is 13.9. The van der Waals surface area contributed by atoms with Gasteiger partial charge in [-0.1, -0.05) is 31.2 Å². The van der Waals surface area contributed by atoms with E-state index in [1.807, 2.05) is 48.5 Å². The van der Waals surface area contributed by atoms with Gasteiger partial charge in [0.2, 0.25) is 11.8 Å². The fourth-order valence-corrected chi connectivity index (χ4v) is 5.15. The minimum atomic E-state index is -0.435. The van der Waals surface area contributed by atoms with Crippen LogP contribution < -0.4 is 20.9 Å². The summed E-state index contributed by atoms with van der Waals surface area (Å²) in [5, 5.41) is 9.04. The Morgan fingerprint density at radius 1 is 0.977 bits per heavy atom. The van der Waals surface area contributed by atoms with Crippen LogP contribution in [0.1, 0.15) is 30.0 Å². The highest BCUT2D eigenvalue weighted by Crippen LogP contribution is 2.38. The molecule has 0 aromatic heterocycles. The van der Waals surface area contributed by atoms with E-state index in [1.54, 1.807) is 24.9 Å². The van der Waals surface area contributed by atoms with Crippen LogP contribution in [0.5, 0.6) is 0 Å². The number of benzene rings is 3. The Morgan fingerprint density at radius 3 is 2.35 bits per heavy atom. The molecule has 3 aromatic rings. The first-order valence-corrected chi connectivity index (χ1v) is 14.5. The molecule has 3 amide bonds. The van der Waals surface area contributed by atoms with E-state index in [1.165, 1.54) is 12.1 Å². The van der Waals surface area contributed by atoms with Gasteiger partial charge < -0.3 is 25.8 Å². The minimum Gasteiger partial charge on any atom is -0.354 e. The molecule has 0 radical (unpaired) electrons. The molecule has 0 aliphatic carbocycles. The van der Waals surface area contributed by atoms with Crippen molar-refractivity contribution in [1.82, 2.24) is 15.1 Å². The third-order valence-corrected chi connectivity index (χ3v) is 7.88. The van der Waals surface area contributed by atoms with Gasteiger partial charge in [0.15, 0.2) is 0 Å². The Morgan fingerprint density at radius 2 is 1.67 bits per heavy atom. The van der Waals surface area contributed by atoms with Crippen LogP contribution in [0.3, 0.4) is 0 Å². The Balaban J connectivity index is 1.39. The number of hydrogen-bond donors (Lipinski definition) is 3. The van der Waals surface area contributed by atoms with Crippen LogP contribution in [-0.4, -0.2) is 74.3 Å².